The Morgan fingerprint density at radius 1 is 1.07 bits per heavy atom. The van der Waals surface area contributed by atoms with Gasteiger partial charge in [-0.05, 0) is 11.5 Å². The summed E-state index contributed by atoms with van der Waals surface area (Å²) >= 11 is 1.27. The molecule has 0 aliphatic heterocycles. The predicted molar refractivity (Wildman–Crippen MR) is 60.0 cm³/mol. The van der Waals surface area contributed by atoms with Crippen LogP contribution in [0, 0.1) is 0 Å². The Bertz CT molecular complexity index is 665. The van der Waals surface area contributed by atoms with E-state index < -0.39 is 0 Å². The van der Waals surface area contributed by atoms with Crippen molar-refractivity contribution in [3.05, 3.63) is 46.1 Å². The van der Waals surface area contributed by atoms with Gasteiger partial charge >= 0.3 is 4.87 Å². The fourth-order valence-electron chi connectivity index (χ4n) is 1.68. The molecular formula is C11H7NOS. The number of benzene rings is 2. The summed E-state index contributed by atoms with van der Waals surface area (Å²) in [5, 5.41) is 2.32. The normalized spacial score (nSPS) is 11.1. The predicted octanol–water partition coefficient (Wildman–Crippen LogP) is 2.74. The van der Waals surface area contributed by atoms with E-state index >= 15 is 0 Å². The van der Waals surface area contributed by atoms with Crippen molar-refractivity contribution in [1.82, 2.24) is 4.98 Å². The summed E-state index contributed by atoms with van der Waals surface area (Å²) in [5.41, 5.74) is 0.929. The molecule has 0 atom stereocenters. The number of H-pyrrole nitrogens is 1. The average Bonchev–Trinajstić information content (AvgIpc) is 2.59. The van der Waals surface area contributed by atoms with Crippen LogP contribution >= 0.6 is 11.3 Å². The molecule has 1 heterocycles. The molecule has 0 radical (unpaired) electrons. The van der Waals surface area contributed by atoms with Crippen LogP contribution < -0.4 is 4.87 Å². The average molecular weight is 201 g/mol. The third-order valence-electron chi connectivity index (χ3n) is 2.31. The van der Waals surface area contributed by atoms with Gasteiger partial charge in [-0.15, -0.1) is 0 Å². The van der Waals surface area contributed by atoms with Crippen LogP contribution in [0.5, 0.6) is 0 Å². The Kier molecular flexibility index (Phi) is 1.49. The van der Waals surface area contributed by atoms with Crippen LogP contribution in [0.2, 0.25) is 0 Å². The maximum Gasteiger partial charge on any atom is 0.305 e. The number of hydrogen-bond acceptors (Lipinski definition) is 2. The van der Waals surface area contributed by atoms with Gasteiger partial charge in [0.05, 0.1) is 10.2 Å². The van der Waals surface area contributed by atoms with Gasteiger partial charge in [0.25, 0.3) is 0 Å². The molecule has 0 aliphatic carbocycles. The largest absolute Gasteiger partial charge is 0.312 e. The van der Waals surface area contributed by atoms with E-state index in [0.717, 1.165) is 15.6 Å². The van der Waals surface area contributed by atoms with E-state index in [0.29, 0.717) is 0 Å². The highest BCUT2D eigenvalue weighted by Gasteiger charge is 2.02. The summed E-state index contributed by atoms with van der Waals surface area (Å²) in [5.74, 6) is 0. The lowest BCUT2D eigenvalue weighted by molar-refractivity contribution is 1.41. The van der Waals surface area contributed by atoms with Crippen molar-refractivity contribution in [2.75, 3.05) is 0 Å². The first-order chi connectivity index (χ1) is 6.84. The lowest BCUT2D eigenvalue weighted by atomic mass is 10.1. The third-order valence-corrected chi connectivity index (χ3v) is 3.24. The number of aromatic nitrogens is 1. The molecule has 0 bridgehead atoms. The van der Waals surface area contributed by atoms with E-state index in [9.17, 15) is 4.79 Å². The minimum absolute atomic E-state index is 0.0105. The monoisotopic (exact) mass is 201 g/mol. The maximum atomic E-state index is 11.2. The lowest BCUT2D eigenvalue weighted by Crippen LogP contribution is -1.89. The molecule has 0 aliphatic rings. The molecule has 0 saturated carbocycles. The summed E-state index contributed by atoms with van der Waals surface area (Å²) in [4.78, 5) is 14.0. The van der Waals surface area contributed by atoms with Crippen molar-refractivity contribution in [3.8, 4) is 0 Å². The van der Waals surface area contributed by atoms with Crippen molar-refractivity contribution < 1.29 is 0 Å². The maximum absolute atomic E-state index is 11.2. The Balaban J connectivity index is 2.66. The van der Waals surface area contributed by atoms with E-state index in [-0.39, 0.29) is 4.87 Å². The van der Waals surface area contributed by atoms with Crippen LogP contribution in [-0.2, 0) is 0 Å². The first-order valence-electron chi connectivity index (χ1n) is 4.35. The second kappa shape index (κ2) is 2.69. The quantitative estimate of drug-likeness (QED) is 0.596. The van der Waals surface area contributed by atoms with E-state index in [1.54, 1.807) is 0 Å². The zero-order valence-corrected chi connectivity index (χ0v) is 8.10. The number of thiazole rings is 1. The van der Waals surface area contributed by atoms with Crippen molar-refractivity contribution in [1.29, 1.82) is 0 Å². The van der Waals surface area contributed by atoms with Crippen molar-refractivity contribution in [2.45, 2.75) is 0 Å². The fourth-order valence-corrected chi connectivity index (χ4v) is 2.55. The Labute approximate surface area is 83.8 Å². The van der Waals surface area contributed by atoms with Gasteiger partial charge in [0, 0.05) is 5.39 Å². The van der Waals surface area contributed by atoms with Gasteiger partial charge in [-0.3, -0.25) is 4.79 Å². The van der Waals surface area contributed by atoms with E-state index in [4.69, 9.17) is 0 Å². The second-order valence-corrected chi connectivity index (χ2v) is 4.16. The molecule has 14 heavy (non-hydrogen) atoms. The third kappa shape index (κ3) is 0.992. The number of nitrogens with one attached hydrogen (secondary N) is 1. The van der Waals surface area contributed by atoms with Crippen LogP contribution in [0.25, 0.3) is 21.0 Å². The van der Waals surface area contributed by atoms with Crippen LogP contribution in [-0.4, -0.2) is 4.98 Å². The summed E-state index contributed by atoms with van der Waals surface area (Å²) in [6.07, 6.45) is 0. The zero-order chi connectivity index (χ0) is 9.54. The molecule has 0 amide bonds. The summed E-state index contributed by atoms with van der Waals surface area (Å²) in [6, 6.07) is 12.1. The minimum atomic E-state index is 0.0105. The SMILES string of the molecule is O=c1[nH]c2ccc3ccccc3c2s1. The number of aromatic amines is 1. The van der Waals surface area contributed by atoms with Crippen LogP contribution in [0.4, 0.5) is 0 Å². The first kappa shape index (κ1) is 7.76. The first-order valence-corrected chi connectivity index (χ1v) is 5.17. The molecule has 1 aromatic heterocycles. The smallest absolute Gasteiger partial charge is 0.305 e. The summed E-state index contributed by atoms with van der Waals surface area (Å²) in [6.45, 7) is 0. The lowest BCUT2D eigenvalue weighted by Gasteiger charge is -1.96. The van der Waals surface area contributed by atoms with Crippen LogP contribution in [0.15, 0.2) is 41.2 Å². The van der Waals surface area contributed by atoms with Crippen molar-refractivity contribution in [3.63, 3.8) is 0 Å². The van der Waals surface area contributed by atoms with E-state index in [1.165, 1.54) is 16.7 Å². The Hall–Kier alpha value is -1.61. The zero-order valence-electron chi connectivity index (χ0n) is 7.28. The molecule has 0 saturated heterocycles. The van der Waals surface area contributed by atoms with Gasteiger partial charge in [-0.25, -0.2) is 0 Å². The van der Waals surface area contributed by atoms with Gasteiger partial charge in [-0.1, -0.05) is 41.7 Å². The molecule has 68 valence electrons. The molecule has 2 aromatic carbocycles. The number of rotatable bonds is 0. The van der Waals surface area contributed by atoms with E-state index in [2.05, 4.69) is 11.1 Å². The molecule has 0 unspecified atom stereocenters. The number of hydrogen-bond donors (Lipinski definition) is 1. The highest BCUT2D eigenvalue weighted by atomic mass is 32.1. The molecular weight excluding hydrogens is 194 g/mol. The Morgan fingerprint density at radius 2 is 1.93 bits per heavy atom. The fraction of sp³-hybridized carbons (Fsp3) is 0. The molecule has 2 nitrogen and oxygen atoms in total. The van der Waals surface area contributed by atoms with Gasteiger partial charge in [0.1, 0.15) is 0 Å². The topological polar surface area (TPSA) is 32.9 Å². The van der Waals surface area contributed by atoms with Crippen molar-refractivity contribution in [2.24, 2.45) is 0 Å². The standard InChI is InChI=1S/C11H7NOS/c13-11-12-9-6-5-7-3-1-2-4-8(7)10(9)14-11/h1-6H,(H,12,13). The second-order valence-electron chi connectivity index (χ2n) is 3.18. The summed E-state index contributed by atoms with van der Waals surface area (Å²) in [7, 11) is 0. The van der Waals surface area contributed by atoms with Gasteiger partial charge < -0.3 is 4.98 Å². The number of fused-ring (bicyclic) bond motifs is 3. The Morgan fingerprint density at radius 3 is 2.86 bits per heavy atom. The summed E-state index contributed by atoms with van der Waals surface area (Å²) < 4.78 is 1.05. The molecule has 3 aromatic rings. The molecule has 3 heteroatoms. The minimum Gasteiger partial charge on any atom is -0.312 e. The highest BCUT2D eigenvalue weighted by Crippen LogP contribution is 2.25. The van der Waals surface area contributed by atoms with E-state index in [1.807, 2.05) is 30.3 Å². The molecule has 0 spiro atoms. The molecule has 0 fully saturated rings. The van der Waals surface area contributed by atoms with Crippen LogP contribution in [0.1, 0.15) is 0 Å². The molecule has 1 N–H and O–H groups in total. The highest BCUT2D eigenvalue weighted by molar-refractivity contribution is 7.17. The van der Waals surface area contributed by atoms with Gasteiger partial charge in [0.2, 0.25) is 0 Å². The van der Waals surface area contributed by atoms with Crippen LogP contribution in [0.3, 0.4) is 0 Å². The molecule has 3 rings (SSSR count). The van der Waals surface area contributed by atoms with Gasteiger partial charge in [-0.2, -0.15) is 0 Å². The van der Waals surface area contributed by atoms with Crippen molar-refractivity contribution >= 4 is 32.3 Å². The van der Waals surface area contributed by atoms with Gasteiger partial charge in [0.15, 0.2) is 0 Å².